The van der Waals surface area contributed by atoms with Gasteiger partial charge in [0, 0.05) is 39.2 Å². The summed E-state index contributed by atoms with van der Waals surface area (Å²) < 4.78 is 29.4. The van der Waals surface area contributed by atoms with Gasteiger partial charge in [0.15, 0.2) is 0 Å². The number of anilines is 2. The van der Waals surface area contributed by atoms with Crippen LogP contribution in [0.4, 0.5) is 11.4 Å². The van der Waals surface area contributed by atoms with Crippen molar-refractivity contribution in [1.29, 1.82) is 0 Å². The number of rotatable bonds is 6. The fourth-order valence-electron chi connectivity index (χ4n) is 7.31. The molecule has 3 N–H and O–H groups in total. The van der Waals surface area contributed by atoms with E-state index in [0.29, 0.717) is 17.9 Å². The molecule has 0 unspecified atom stereocenters. The molecule has 3 aliphatic rings. The van der Waals surface area contributed by atoms with Crippen LogP contribution in [0, 0.1) is 5.92 Å². The number of likely N-dealkylation sites (N-methyl/N-ethyl adjacent to an activating group) is 1. The van der Waals surface area contributed by atoms with Gasteiger partial charge < -0.3 is 44.3 Å². The van der Waals surface area contributed by atoms with Crippen LogP contribution in [0.5, 0.6) is 5.75 Å². The smallest absolute Gasteiger partial charge is 0.328 e. The Kier molecular flexibility index (Phi) is 14.4. The summed E-state index contributed by atoms with van der Waals surface area (Å²) >= 11 is 6.77. The van der Waals surface area contributed by atoms with Crippen molar-refractivity contribution in [3.63, 3.8) is 0 Å². The van der Waals surface area contributed by atoms with Crippen molar-refractivity contribution < 1.29 is 48.0 Å². The number of ether oxygens (including phenoxy) is 5. The molecule has 306 valence electrons. The van der Waals surface area contributed by atoms with E-state index in [2.05, 4.69) is 0 Å². The van der Waals surface area contributed by atoms with E-state index in [1.54, 1.807) is 62.5 Å². The zero-order valence-electron chi connectivity index (χ0n) is 34.0. The van der Waals surface area contributed by atoms with Crippen molar-refractivity contribution in [1.82, 2.24) is 4.90 Å². The van der Waals surface area contributed by atoms with Gasteiger partial charge in [0.1, 0.15) is 46.3 Å². The molecule has 13 nitrogen and oxygen atoms in total. The first kappa shape index (κ1) is 44.3. The SMILES string of the molecule is CC.COc1cc2cc(c1Cl)N(C)C(=O)C[C@H](OC(=O)[C@H](C)N(C)C(=O)c1ccccc1N)[C@]1(C)O[C@H]1[C@H](C)[C@@H]1C[C@@](O)(CC(=O)O1)[C@H](OC)/C=C/C=C(\C)C2. The highest BCUT2D eigenvalue weighted by molar-refractivity contribution is 6.35. The lowest BCUT2D eigenvalue weighted by molar-refractivity contribution is -0.187. The van der Waals surface area contributed by atoms with Gasteiger partial charge in [-0.3, -0.25) is 14.4 Å². The lowest BCUT2D eigenvalue weighted by atomic mass is 9.78. The normalized spacial score (nSPS) is 29.9. The van der Waals surface area contributed by atoms with E-state index in [0.717, 1.165) is 11.1 Å². The van der Waals surface area contributed by atoms with Crippen molar-refractivity contribution in [2.75, 3.05) is 38.9 Å². The maximum Gasteiger partial charge on any atom is 0.328 e. The van der Waals surface area contributed by atoms with Gasteiger partial charge in [-0.05, 0) is 57.0 Å². The van der Waals surface area contributed by atoms with E-state index in [1.165, 1.54) is 38.0 Å². The fraction of sp³-hybridized carbons (Fsp3) is 0.524. The Bertz CT molecular complexity index is 1850. The number of carbonyl (C=O) groups is 4. The highest BCUT2D eigenvalue weighted by Crippen LogP contribution is 2.50. The van der Waals surface area contributed by atoms with Crippen LogP contribution in [0.25, 0.3) is 0 Å². The number of methoxy groups -OCH3 is 2. The van der Waals surface area contributed by atoms with E-state index in [4.69, 9.17) is 41.0 Å². The molecule has 56 heavy (non-hydrogen) atoms. The standard InChI is InChI=1S/C40H50ClN3O10.C2H6/c1-22-12-11-15-31(51-8)40(49)20-30(52-34(46)21-40)23(2)36-39(4,54-36)32(19-33(45)44(6)28-17-25(16-22)18-29(50-7)35(28)41)53-38(48)24(3)43(5)37(47)26-13-9-10-14-27(26)42;1-2/h9-15,17-18,23-24,30-32,36,49H,16,19-21,42H2,1-8H3;1-2H3/b15-11+,22-12+;/t23-,24+,30+,31-,32+,36+,39+,40-;/m1./s1. The van der Waals surface area contributed by atoms with Crippen LogP contribution in [0.2, 0.25) is 5.02 Å². The first-order valence-corrected chi connectivity index (χ1v) is 19.2. The highest BCUT2D eigenvalue weighted by atomic mass is 35.5. The molecule has 5 rings (SSSR count). The minimum Gasteiger partial charge on any atom is -0.495 e. The van der Waals surface area contributed by atoms with Crippen LogP contribution in [0.15, 0.2) is 60.2 Å². The van der Waals surface area contributed by atoms with Crippen LogP contribution >= 0.6 is 11.6 Å². The van der Waals surface area contributed by atoms with Gasteiger partial charge in [0.05, 0.1) is 37.3 Å². The average Bonchev–Trinajstić information content (AvgIpc) is 3.87. The second-order valence-corrected chi connectivity index (χ2v) is 15.1. The summed E-state index contributed by atoms with van der Waals surface area (Å²) in [5.74, 6) is -2.45. The molecule has 14 heteroatoms. The molecule has 2 fully saturated rings. The van der Waals surface area contributed by atoms with E-state index in [9.17, 15) is 24.3 Å². The lowest BCUT2D eigenvalue weighted by Gasteiger charge is -2.41. The molecule has 0 spiro atoms. The second kappa shape index (κ2) is 18.2. The van der Waals surface area contributed by atoms with E-state index < -0.39 is 71.3 Å². The summed E-state index contributed by atoms with van der Waals surface area (Å²) in [4.78, 5) is 57.0. The van der Waals surface area contributed by atoms with Crippen LogP contribution in [-0.4, -0.2) is 104 Å². The number of nitrogens with zero attached hydrogens (tertiary/aromatic N) is 2. The number of aliphatic hydroxyl groups is 1. The summed E-state index contributed by atoms with van der Waals surface area (Å²) in [5, 5.41) is 12.1. The molecular formula is C42H56ClN3O10. The van der Waals surface area contributed by atoms with Gasteiger partial charge >= 0.3 is 11.9 Å². The van der Waals surface area contributed by atoms with Gasteiger partial charge in [0.2, 0.25) is 5.91 Å². The number of hydrogen-bond acceptors (Lipinski definition) is 11. The molecule has 0 saturated carbocycles. The molecule has 4 bridgehead atoms. The third-order valence-corrected chi connectivity index (χ3v) is 11.3. The number of halogens is 1. The Balaban J connectivity index is 0.00000342. The summed E-state index contributed by atoms with van der Waals surface area (Å²) in [7, 11) is 5.99. The molecule has 0 aliphatic carbocycles. The number of hydrogen-bond donors (Lipinski definition) is 2. The minimum absolute atomic E-state index is 0.0458. The van der Waals surface area contributed by atoms with E-state index in [1.807, 2.05) is 33.8 Å². The van der Waals surface area contributed by atoms with Gasteiger partial charge in [-0.15, -0.1) is 0 Å². The number of benzene rings is 2. The number of esters is 2. The van der Waals surface area contributed by atoms with Crippen LogP contribution in [0.3, 0.4) is 0 Å². The number of epoxide rings is 1. The zero-order valence-corrected chi connectivity index (χ0v) is 34.7. The minimum atomic E-state index is -1.59. The molecule has 2 aromatic rings. The molecule has 2 amide bonds. The number of amides is 2. The van der Waals surface area contributed by atoms with Crippen LogP contribution < -0.4 is 15.4 Å². The van der Waals surface area contributed by atoms with Crippen LogP contribution in [0.1, 0.15) is 76.7 Å². The summed E-state index contributed by atoms with van der Waals surface area (Å²) in [6.45, 7) is 11.0. The number of fused-ring (bicyclic) bond motifs is 5. The molecule has 2 aromatic carbocycles. The monoisotopic (exact) mass is 797 g/mol. The molecule has 3 aliphatic heterocycles. The fourth-order valence-corrected chi connectivity index (χ4v) is 7.63. The lowest BCUT2D eigenvalue weighted by Crippen LogP contribution is -2.53. The van der Waals surface area contributed by atoms with Crippen molar-refractivity contribution in [2.45, 2.75) is 109 Å². The Morgan fingerprint density at radius 3 is 2.48 bits per heavy atom. The Morgan fingerprint density at radius 1 is 1.16 bits per heavy atom. The second-order valence-electron chi connectivity index (χ2n) is 14.7. The number of allylic oxidation sites excluding steroid dienone is 3. The number of carbonyl (C=O) groups excluding carboxylic acids is 4. The molecule has 0 radical (unpaired) electrons. The Hall–Kier alpha value is -4.43. The summed E-state index contributed by atoms with van der Waals surface area (Å²) in [6.07, 6.45) is 1.80. The largest absolute Gasteiger partial charge is 0.495 e. The Labute approximate surface area is 334 Å². The van der Waals surface area contributed by atoms with Crippen LogP contribution in [-0.2, 0) is 39.8 Å². The third kappa shape index (κ3) is 9.39. The van der Waals surface area contributed by atoms with Crippen molar-refractivity contribution in [2.24, 2.45) is 5.92 Å². The quantitative estimate of drug-likeness (QED) is 0.209. The van der Waals surface area contributed by atoms with Gasteiger partial charge in [0.25, 0.3) is 5.91 Å². The van der Waals surface area contributed by atoms with Crippen molar-refractivity contribution in [3.05, 3.63) is 76.3 Å². The van der Waals surface area contributed by atoms with Crippen molar-refractivity contribution in [3.8, 4) is 5.75 Å². The molecule has 3 heterocycles. The maximum atomic E-state index is 14.2. The highest BCUT2D eigenvalue weighted by Gasteiger charge is 2.64. The number of para-hydroxylation sites is 1. The molecular weight excluding hydrogens is 742 g/mol. The van der Waals surface area contributed by atoms with Crippen molar-refractivity contribution >= 4 is 46.7 Å². The predicted octanol–water partition coefficient (Wildman–Crippen LogP) is 5.69. The summed E-state index contributed by atoms with van der Waals surface area (Å²) in [6, 6.07) is 9.03. The molecule has 2 saturated heterocycles. The predicted molar refractivity (Wildman–Crippen MR) is 214 cm³/mol. The topological polar surface area (TPSA) is 170 Å². The third-order valence-electron chi connectivity index (χ3n) is 10.9. The van der Waals surface area contributed by atoms with Gasteiger partial charge in [-0.25, -0.2) is 4.79 Å². The first-order chi connectivity index (χ1) is 26.4. The molecule has 0 aromatic heterocycles. The van der Waals surface area contributed by atoms with Gasteiger partial charge in [-0.2, -0.15) is 0 Å². The maximum absolute atomic E-state index is 14.2. The van der Waals surface area contributed by atoms with E-state index >= 15 is 0 Å². The molecule has 8 atom stereocenters. The first-order valence-electron chi connectivity index (χ1n) is 18.9. The van der Waals surface area contributed by atoms with Gasteiger partial charge in [-0.1, -0.05) is 68.3 Å². The van der Waals surface area contributed by atoms with E-state index in [-0.39, 0.29) is 35.5 Å². The average molecular weight is 798 g/mol. The summed E-state index contributed by atoms with van der Waals surface area (Å²) in [5.41, 5.74) is 5.83. The Morgan fingerprint density at radius 2 is 1.84 bits per heavy atom. The zero-order chi connectivity index (χ0) is 41.7. The number of nitrogens with two attached hydrogens (primary N) is 1. The number of nitrogen functional groups attached to an aromatic ring is 1.